The Balaban J connectivity index is 1.44. The van der Waals surface area contributed by atoms with Crippen LogP contribution in [0.2, 0.25) is 0 Å². The third kappa shape index (κ3) is 3.10. The van der Waals surface area contributed by atoms with E-state index >= 15 is 0 Å². The van der Waals surface area contributed by atoms with Crippen LogP contribution < -0.4 is 0 Å². The minimum absolute atomic E-state index is 0.667. The van der Waals surface area contributed by atoms with Gasteiger partial charge in [0.1, 0.15) is 5.82 Å². The van der Waals surface area contributed by atoms with E-state index in [0.29, 0.717) is 11.5 Å². The lowest BCUT2D eigenvalue weighted by atomic mass is 10.1. The van der Waals surface area contributed by atoms with Crippen LogP contribution in [0.5, 0.6) is 0 Å². The number of aromatic nitrogens is 3. The summed E-state index contributed by atoms with van der Waals surface area (Å²) in [5.74, 6) is 2.33. The Kier molecular flexibility index (Phi) is 4.13. The van der Waals surface area contributed by atoms with Crippen molar-refractivity contribution < 1.29 is 8.94 Å². The first-order valence-electron chi connectivity index (χ1n) is 8.37. The van der Waals surface area contributed by atoms with Gasteiger partial charge in [-0.2, -0.15) is 0 Å². The summed E-state index contributed by atoms with van der Waals surface area (Å²) in [5.41, 5.74) is 3.32. The summed E-state index contributed by atoms with van der Waals surface area (Å²) in [5, 5.41) is 4.15. The van der Waals surface area contributed by atoms with Crippen LogP contribution in [0.4, 0.5) is 0 Å². The molecule has 0 atom stereocenters. The first-order valence-corrected chi connectivity index (χ1v) is 8.37. The molecule has 0 spiro atoms. The fourth-order valence-electron chi connectivity index (χ4n) is 3.05. The molecule has 0 unspecified atom stereocenters. The second kappa shape index (κ2) is 6.57. The lowest BCUT2D eigenvalue weighted by Gasteiger charge is -2.27. The van der Waals surface area contributed by atoms with Crippen molar-refractivity contribution in [1.29, 1.82) is 0 Å². The second-order valence-corrected chi connectivity index (χ2v) is 6.13. The molecule has 4 heterocycles. The highest BCUT2D eigenvalue weighted by atomic mass is 16.5. The fourth-order valence-corrected chi connectivity index (χ4v) is 3.05. The maximum Gasteiger partial charge on any atom is 0.202 e. The molecule has 6 nitrogen and oxygen atoms in total. The van der Waals surface area contributed by atoms with Gasteiger partial charge in [0.25, 0.3) is 0 Å². The number of hydrogen-bond donors (Lipinski definition) is 0. The highest BCUT2D eigenvalue weighted by Crippen LogP contribution is 2.23. The highest BCUT2D eigenvalue weighted by Gasteiger charge is 2.20. The molecule has 0 amide bonds. The molecule has 1 aliphatic rings. The van der Waals surface area contributed by atoms with Crippen LogP contribution in [0, 0.1) is 0 Å². The molecule has 0 fully saturated rings. The normalized spacial score (nSPS) is 14.7. The lowest BCUT2D eigenvalue weighted by Crippen LogP contribution is -2.31. The monoisotopic (exact) mass is 324 g/mol. The van der Waals surface area contributed by atoms with E-state index in [2.05, 4.69) is 22.0 Å². The van der Waals surface area contributed by atoms with Crippen LogP contribution in [0.25, 0.3) is 11.5 Å². The molecule has 1 aliphatic heterocycles. The standard InChI is InChI=1S/C18H20N4O2/c1-2-4-18-19-10-13-11-22(7-6-15(13)20-18)12-14-9-17(24-21-14)16-5-3-8-23-16/h3,5,8-10H,2,4,6-7,11-12H2,1H3. The predicted octanol–water partition coefficient (Wildman–Crippen LogP) is 3.24. The molecule has 24 heavy (non-hydrogen) atoms. The van der Waals surface area contributed by atoms with Gasteiger partial charge in [0.2, 0.25) is 5.76 Å². The average Bonchev–Trinajstić information content (AvgIpc) is 3.26. The van der Waals surface area contributed by atoms with E-state index in [1.165, 1.54) is 11.3 Å². The summed E-state index contributed by atoms with van der Waals surface area (Å²) in [6.45, 7) is 4.73. The average molecular weight is 324 g/mol. The van der Waals surface area contributed by atoms with E-state index < -0.39 is 0 Å². The summed E-state index contributed by atoms with van der Waals surface area (Å²) in [6.07, 6.45) is 6.60. The molecule has 0 radical (unpaired) electrons. The van der Waals surface area contributed by atoms with Crippen molar-refractivity contribution in [2.75, 3.05) is 6.54 Å². The molecule has 0 aromatic carbocycles. The smallest absolute Gasteiger partial charge is 0.202 e. The van der Waals surface area contributed by atoms with Crippen molar-refractivity contribution in [1.82, 2.24) is 20.0 Å². The van der Waals surface area contributed by atoms with Gasteiger partial charge >= 0.3 is 0 Å². The number of rotatable bonds is 5. The van der Waals surface area contributed by atoms with Crippen LogP contribution in [-0.4, -0.2) is 26.6 Å². The van der Waals surface area contributed by atoms with Gasteiger partial charge in [-0.3, -0.25) is 4.90 Å². The lowest BCUT2D eigenvalue weighted by molar-refractivity contribution is 0.235. The van der Waals surface area contributed by atoms with Gasteiger partial charge in [-0.05, 0) is 18.6 Å². The Morgan fingerprint density at radius 3 is 3.08 bits per heavy atom. The quantitative estimate of drug-likeness (QED) is 0.718. The minimum atomic E-state index is 0.667. The molecule has 124 valence electrons. The molecular formula is C18H20N4O2. The van der Waals surface area contributed by atoms with E-state index in [-0.39, 0.29) is 0 Å². The number of hydrogen-bond acceptors (Lipinski definition) is 6. The molecule has 0 aliphatic carbocycles. The molecule has 4 rings (SSSR count). The number of fused-ring (bicyclic) bond motifs is 1. The van der Waals surface area contributed by atoms with E-state index in [1.54, 1.807) is 6.26 Å². The summed E-state index contributed by atoms with van der Waals surface area (Å²) < 4.78 is 10.7. The van der Waals surface area contributed by atoms with E-state index in [9.17, 15) is 0 Å². The van der Waals surface area contributed by atoms with E-state index in [0.717, 1.165) is 50.4 Å². The number of furan rings is 1. The van der Waals surface area contributed by atoms with Gasteiger partial charge in [-0.1, -0.05) is 12.1 Å². The second-order valence-electron chi connectivity index (χ2n) is 6.13. The Hall–Kier alpha value is -2.47. The molecule has 0 N–H and O–H groups in total. The molecule has 3 aromatic rings. The van der Waals surface area contributed by atoms with Gasteiger partial charge in [-0.25, -0.2) is 9.97 Å². The van der Waals surface area contributed by atoms with Crippen molar-refractivity contribution in [3.63, 3.8) is 0 Å². The number of nitrogens with zero attached hydrogens (tertiary/aromatic N) is 4. The Morgan fingerprint density at radius 1 is 1.29 bits per heavy atom. The predicted molar refractivity (Wildman–Crippen MR) is 88.1 cm³/mol. The zero-order valence-corrected chi connectivity index (χ0v) is 13.7. The Labute approximate surface area is 140 Å². The van der Waals surface area contributed by atoms with Gasteiger partial charge in [0.15, 0.2) is 5.76 Å². The van der Waals surface area contributed by atoms with Crippen molar-refractivity contribution in [2.24, 2.45) is 0 Å². The third-order valence-corrected chi connectivity index (χ3v) is 4.25. The first-order chi connectivity index (χ1) is 11.8. The van der Waals surface area contributed by atoms with Crippen LogP contribution in [-0.2, 0) is 25.9 Å². The van der Waals surface area contributed by atoms with Crippen molar-refractivity contribution in [3.05, 3.63) is 53.4 Å². The van der Waals surface area contributed by atoms with Gasteiger partial charge in [0.05, 0.1) is 12.0 Å². The summed E-state index contributed by atoms with van der Waals surface area (Å²) in [7, 11) is 0. The molecule has 6 heteroatoms. The molecule has 3 aromatic heterocycles. The van der Waals surface area contributed by atoms with Gasteiger partial charge < -0.3 is 8.94 Å². The van der Waals surface area contributed by atoms with E-state index in [1.807, 2.05) is 24.4 Å². The number of aryl methyl sites for hydroxylation is 1. The fraction of sp³-hybridized carbons (Fsp3) is 0.389. The largest absolute Gasteiger partial charge is 0.461 e. The maximum atomic E-state index is 5.37. The molecule has 0 saturated carbocycles. The Morgan fingerprint density at radius 2 is 2.25 bits per heavy atom. The van der Waals surface area contributed by atoms with Crippen LogP contribution in [0.15, 0.2) is 39.6 Å². The zero-order chi connectivity index (χ0) is 16.4. The van der Waals surface area contributed by atoms with Crippen LogP contribution in [0.1, 0.15) is 36.1 Å². The van der Waals surface area contributed by atoms with Gasteiger partial charge in [-0.15, -0.1) is 0 Å². The third-order valence-electron chi connectivity index (χ3n) is 4.25. The topological polar surface area (TPSA) is 68.2 Å². The van der Waals surface area contributed by atoms with Crippen molar-refractivity contribution >= 4 is 0 Å². The van der Waals surface area contributed by atoms with Crippen LogP contribution >= 0.6 is 0 Å². The zero-order valence-electron chi connectivity index (χ0n) is 13.7. The first kappa shape index (κ1) is 15.1. The van der Waals surface area contributed by atoms with E-state index in [4.69, 9.17) is 13.9 Å². The maximum absolute atomic E-state index is 5.37. The summed E-state index contributed by atoms with van der Waals surface area (Å²) in [4.78, 5) is 11.5. The highest BCUT2D eigenvalue weighted by molar-refractivity contribution is 5.49. The Bertz CT molecular complexity index is 810. The summed E-state index contributed by atoms with van der Waals surface area (Å²) >= 11 is 0. The van der Waals surface area contributed by atoms with Crippen molar-refractivity contribution in [2.45, 2.75) is 39.3 Å². The SMILES string of the molecule is CCCc1ncc2c(n1)CCN(Cc1cc(-c3ccco3)on1)C2. The molecule has 0 bridgehead atoms. The van der Waals surface area contributed by atoms with Crippen molar-refractivity contribution in [3.8, 4) is 11.5 Å². The molecule has 0 saturated heterocycles. The van der Waals surface area contributed by atoms with Gasteiger partial charge in [0, 0.05) is 56.0 Å². The molecular weight excluding hydrogens is 304 g/mol. The van der Waals surface area contributed by atoms with Crippen LogP contribution in [0.3, 0.4) is 0 Å². The summed E-state index contributed by atoms with van der Waals surface area (Å²) in [6, 6.07) is 5.65. The minimum Gasteiger partial charge on any atom is -0.461 e.